The quantitative estimate of drug-likeness (QED) is 0.144. The molecule has 10 nitrogen and oxygen atoms in total. The zero-order valence-electron chi connectivity index (χ0n) is 32.7. The van der Waals surface area contributed by atoms with Crippen LogP contribution in [0.2, 0.25) is 20.1 Å². The van der Waals surface area contributed by atoms with E-state index in [1.807, 2.05) is 70.5 Å². The number of morpholine rings is 2. The minimum absolute atomic E-state index is 0.275. The summed E-state index contributed by atoms with van der Waals surface area (Å²) >= 11 is 24.6. The van der Waals surface area contributed by atoms with Gasteiger partial charge in [0.15, 0.2) is 0 Å². The highest BCUT2D eigenvalue weighted by molar-refractivity contribution is 6.31. The van der Waals surface area contributed by atoms with Gasteiger partial charge in [-0.3, -0.25) is 19.2 Å². The Kier molecular flexibility index (Phi) is 14.4. The molecular weight excluding hydrogens is 850 g/mol. The van der Waals surface area contributed by atoms with Crippen LogP contribution in [0.4, 0.5) is 0 Å². The molecular formula is C46H46Cl4N2O8. The molecule has 0 spiro atoms. The fraction of sp³-hybridized carbons (Fsp3) is 0.391. The van der Waals surface area contributed by atoms with Crippen LogP contribution in [0, 0.1) is 11.8 Å². The number of hydrogen-bond donors (Lipinski definition) is 2. The Balaban J connectivity index is 0.000000181. The average molecular weight is 897 g/mol. The lowest BCUT2D eigenvalue weighted by Gasteiger charge is -2.46. The van der Waals surface area contributed by atoms with Crippen LogP contribution in [0.25, 0.3) is 0 Å². The third-order valence-electron chi connectivity index (χ3n) is 11.8. The maximum Gasteiger partial charge on any atom is 0.306 e. The van der Waals surface area contributed by atoms with Crippen molar-refractivity contribution in [3.63, 3.8) is 0 Å². The zero-order valence-corrected chi connectivity index (χ0v) is 35.7. The SMILES string of the molecule is O=C(O)C[C@@H]1O[C@@H](c2cccc(Cl)c2)[C@@H](c2ccc(Cl)cc2)N(CC2CCC2)C1=O.O=C(O)C[C@H]1O[C@H](c2cccc(Cl)c2)[C@H](c2ccc(Cl)cc2)N(CC2CCC2)C1=O. The first kappa shape index (κ1) is 43.9. The number of carboxylic acids is 2. The minimum Gasteiger partial charge on any atom is -0.481 e. The number of carbonyl (C=O) groups is 4. The van der Waals surface area contributed by atoms with Crippen LogP contribution < -0.4 is 0 Å². The van der Waals surface area contributed by atoms with Gasteiger partial charge >= 0.3 is 11.9 Å². The van der Waals surface area contributed by atoms with Crippen LogP contribution in [0.3, 0.4) is 0 Å². The molecule has 0 radical (unpaired) electrons. The van der Waals surface area contributed by atoms with E-state index < -0.39 is 36.4 Å². The zero-order chi connectivity index (χ0) is 42.5. The molecule has 0 unspecified atom stereocenters. The Morgan fingerprint density at radius 1 is 0.533 bits per heavy atom. The number of rotatable bonds is 12. The van der Waals surface area contributed by atoms with Crippen molar-refractivity contribution >= 4 is 70.2 Å². The van der Waals surface area contributed by atoms with Crippen molar-refractivity contribution in [2.45, 2.75) is 87.9 Å². The second kappa shape index (κ2) is 19.7. The molecule has 316 valence electrons. The van der Waals surface area contributed by atoms with Crippen molar-refractivity contribution in [3.8, 4) is 0 Å². The minimum atomic E-state index is -1.06. The molecule has 2 heterocycles. The number of carboxylic acid groups (broad SMARTS) is 2. The number of ether oxygens (including phenoxy) is 2. The number of benzene rings is 4. The van der Waals surface area contributed by atoms with Gasteiger partial charge in [-0.05, 0) is 108 Å². The molecule has 4 fully saturated rings. The van der Waals surface area contributed by atoms with Crippen molar-refractivity contribution in [1.82, 2.24) is 9.80 Å². The fourth-order valence-corrected chi connectivity index (χ4v) is 9.06. The standard InChI is InChI=1S/2C23H23Cl2NO4/c2*24-17-9-7-15(8-10-17)21-22(16-5-2-6-18(25)11-16)30-19(12-20(27)28)23(29)26(21)13-14-3-1-4-14/h2*2,5-11,14,19,21-22H,1,3-4,12-13H2,(H,27,28)/t2*19-,21+,22-/m10/s1. The van der Waals surface area contributed by atoms with E-state index in [2.05, 4.69) is 0 Å². The first-order chi connectivity index (χ1) is 28.8. The molecule has 4 aromatic rings. The summed E-state index contributed by atoms with van der Waals surface area (Å²) in [6.07, 6.45) is 2.73. The lowest BCUT2D eigenvalue weighted by molar-refractivity contribution is -0.180. The molecule has 6 atom stereocenters. The molecule has 2 saturated carbocycles. The van der Waals surface area contributed by atoms with Crippen LogP contribution in [-0.2, 0) is 28.7 Å². The first-order valence-corrected chi connectivity index (χ1v) is 21.7. The molecule has 4 aromatic carbocycles. The van der Waals surface area contributed by atoms with E-state index in [0.717, 1.165) is 60.8 Å². The van der Waals surface area contributed by atoms with E-state index in [-0.39, 0.29) is 36.7 Å². The largest absolute Gasteiger partial charge is 0.481 e. The number of aliphatic carboxylic acids is 2. The van der Waals surface area contributed by atoms with Gasteiger partial charge in [0.1, 0.15) is 24.4 Å². The Hall–Kier alpha value is -4.16. The Morgan fingerprint density at radius 3 is 1.20 bits per heavy atom. The summed E-state index contributed by atoms with van der Waals surface area (Å²) < 4.78 is 12.3. The van der Waals surface area contributed by atoms with Crippen molar-refractivity contribution < 1.29 is 38.9 Å². The van der Waals surface area contributed by atoms with Gasteiger partial charge in [0.05, 0.1) is 24.9 Å². The van der Waals surface area contributed by atoms with E-state index in [4.69, 9.17) is 55.9 Å². The van der Waals surface area contributed by atoms with Gasteiger partial charge < -0.3 is 29.5 Å². The highest BCUT2D eigenvalue weighted by atomic mass is 35.5. The number of carbonyl (C=O) groups excluding carboxylic acids is 2. The Labute approximate surface area is 369 Å². The number of hydrogen-bond acceptors (Lipinski definition) is 6. The Bertz CT molecular complexity index is 2010. The number of amides is 2. The fourth-order valence-electron chi connectivity index (χ4n) is 8.41. The second-order valence-corrected chi connectivity index (χ2v) is 17.7. The third-order valence-corrected chi connectivity index (χ3v) is 12.8. The highest BCUT2D eigenvalue weighted by Crippen LogP contribution is 2.46. The molecule has 2 N–H and O–H groups in total. The van der Waals surface area contributed by atoms with Gasteiger partial charge in [0.2, 0.25) is 0 Å². The topological polar surface area (TPSA) is 134 Å². The van der Waals surface area contributed by atoms with Crippen LogP contribution in [0.1, 0.15) is 97.9 Å². The van der Waals surface area contributed by atoms with Gasteiger partial charge in [-0.1, -0.05) is 108 Å². The van der Waals surface area contributed by atoms with Crippen LogP contribution >= 0.6 is 46.4 Å². The molecule has 4 aliphatic rings. The van der Waals surface area contributed by atoms with Gasteiger partial charge in [0, 0.05) is 33.2 Å². The number of nitrogens with zero attached hydrogens (tertiary/aromatic N) is 2. The molecule has 2 saturated heterocycles. The predicted molar refractivity (Wildman–Crippen MR) is 229 cm³/mol. The summed E-state index contributed by atoms with van der Waals surface area (Å²) in [5.74, 6) is -1.83. The molecule has 2 aliphatic heterocycles. The van der Waals surface area contributed by atoms with Crippen molar-refractivity contribution in [2.75, 3.05) is 13.1 Å². The smallest absolute Gasteiger partial charge is 0.306 e. The van der Waals surface area contributed by atoms with Gasteiger partial charge in [-0.15, -0.1) is 0 Å². The van der Waals surface area contributed by atoms with Gasteiger partial charge in [0.25, 0.3) is 11.8 Å². The normalized spacial score (nSPS) is 24.5. The summed E-state index contributed by atoms with van der Waals surface area (Å²) in [6, 6.07) is 28.6. The molecule has 2 amide bonds. The molecule has 8 rings (SSSR count). The highest BCUT2D eigenvalue weighted by Gasteiger charge is 2.47. The van der Waals surface area contributed by atoms with Crippen LogP contribution in [-0.4, -0.2) is 69.1 Å². The van der Waals surface area contributed by atoms with Crippen molar-refractivity contribution in [2.24, 2.45) is 11.8 Å². The maximum atomic E-state index is 13.3. The lowest BCUT2D eigenvalue weighted by atomic mass is 9.83. The molecule has 0 bridgehead atoms. The van der Waals surface area contributed by atoms with E-state index in [1.165, 1.54) is 0 Å². The molecule has 0 aromatic heterocycles. The maximum absolute atomic E-state index is 13.3. The van der Waals surface area contributed by atoms with Crippen molar-refractivity contribution in [3.05, 3.63) is 139 Å². The monoisotopic (exact) mass is 894 g/mol. The van der Waals surface area contributed by atoms with Gasteiger partial charge in [-0.2, -0.15) is 0 Å². The molecule has 14 heteroatoms. The summed E-state index contributed by atoms with van der Waals surface area (Å²) in [7, 11) is 0. The number of halogens is 4. The van der Waals surface area contributed by atoms with Gasteiger partial charge in [-0.25, -0.2) is 0 Å². The van der Waals surface area contributed by atoms with E-state index in [0.29, 0.717) is 45.0 Å². The summed E-state index contributed by atoms with van der Waals surface area (Å²) in [5, 5.41) is 21.0. The summed E-state index contributed by atoms with van der Waals surface area (Å²) in [6.45, 7) is 1.17. The average Bonchev–Trinajstić information content (AvgIpc) is 3.17. The molecule has 2 aliphatic carbocycles. The third kappa shape index (κ3) is 10.5. The second-order valence-electron chi connectivity index (χ2n) is 16.0. The predicted octanol–water partition coefficient (Wildman–Crippen LogP) is 10.6. The lowest BCUT2D eigenvalue weighted by Crippen LogP contribution is -2.53. The first-order valence-electron chi connectivity index (χ1n) is 20.2. The van der Waals surface area contributed by atoms with Crippen LogP contribution in [0.5, 0.6) is 0 Å². The van der Waals surface area contributed by atoms with E-state index in [9.17, 15) is 29.4 Å². The summed E-state index contributed by atoms with van der Waals surface area (Å²) in [5.41, 5.74) is 3.41. The van der Waals surface area contributed by atoms with E-state index >= 15 is 0 Å². The van der Waals surface area contributed by atoms with Crippen LogP contribution in [0.15, 0.2) is 97.1 Å². The van der Waals surface area contributed by atoms with Crippen molar-refractivity contribution in [1.29, 1.82) is 0 Å². The van der Waals surface area contributed by atoms with E-state index in [1.54, 1.807) is 36.4 Å². The summed E-state index contributed by atoms with van der Waals surface area (Å²) in [4.78, 5) is 53.1. The molecule has 60 heavy (non-hydrogen) atoms. The Morgan fingerprint density at radius 2 is 0.900 bits per heavy atom.